The van der Waals surface area contributed by atoms with Crippen molar-refractivity contribution in [1.29, 1.82) is 0 Å². The van der Waals surface area contributed by atoms with Crippen molar-refractivity contribution in [2.75, 3.05) is 18.5 Å². The van der Waals surface area contributed by atoms with E-state index < -0.39 is 6.10 Å². The predicted octanol–water partition coefficient (Wildman–Crippen LogP) is 2.77. The van der Waals surface area contributed by atoms with E-state index in [1.54, 1.807) is 29.4 Å². The van der Waals surface area contributed by atoms with Crippen LogP contribution in [0.5, 0.6) is 5.75 Å². The van der Waals surface area contributed by atoms with Gasteiger partial charge in [0.2, 0.25) is 5.91 Å². The standard InChI is InChI=1S/C20H19N3O3S/c1-21-20(25)16-12-23(14-7-3-4-8-15(14)26-16)19(24)11-10-18-22-13-6-2-5-9-17(13)27-18/h2-9,16H,10-12H2,1H3,(H,21,25)/t16-/m1/s1. The van der Waals surface area contributed by atoms with E-state index in [9.17, 15) is 9.59 Å². The number of hydrogen-bond acceptors (Lipinski definition) is 5. The minimum Gasteiger partial charge on any atom is -0.477 e. The minimum absolute atomic E-state index is 0.0427. The number of para-hydroxylation sites is 3. The summed E-state index contributed by atoms with van der Waals surface area (Å²) in [6.07, 6.45) is 0.188. The van der Waals surface area contributed by atoms with Crippen LogP contribution in [0.2, 0.25) is 0 Å². The van der Waals surface area contributed by atoms with Crippen molar-refractivity contribution in [1.82, 2.24) is 10.3 Å². The molecule has 0 saturated heterocycles. The maximum absolute atomic E-state index is 12.9. The third kappa shape index (κ3) is 3.50. The van der Waals surface area contributed by atoms with E-state index in [-0.39, 0.29) is 18.4 Å². The number of ether oxygens (including phenoxy) is 1. The summed E-state index contributed by atoms with van der Waals surface area (Å²) in [5, 5.41) is 3.53. The Hall–Kier alpha value is -2.93. The maximum Gasteiger partial charge on any atom is 0.262 e. The zero-order valence-corrected chi connectivity index (χ0v) is 15.7. The number of nitrogens with one attached hydrogen (secondary N) is 1. The Balaban J connectivity index is 1.52. The Morgan fingerprint density at radius 1 is 1.22 bits per heavy atom. The molecular weight excluding hydrogens is 362 g/mol. The van der Waals surface area contributed by atoms with Crippen LogP contribution in [0.25, 0.3) is 10.2 Å². The first-order valence-electron chi connectivity index (χ1n) is 8.78. The lowest BCUT2D eigenvalue weighted by Gasteiger charge is -2.34. The fourth-order valence-corrected chi connectivity index (χ4v) is 4.11. The van der Waals surface area contributed by atoms with Gasteiger partial charge in [-0.05, 0) is 24.3 Å². The number of carbonyl (C=O) groups is 2. The van der Waals surface area contributed by atoms with Gasteiger partial charge in [0.1, 0.15) is 5.75 Å². The van der Waals surface area contributed by atoms with Gasteiger partial charge in [0, 0.05) is 19.9 Å². The Kier molecular flexibility index (Phi) is 4.77. The molecule has 0 fully saturated rings. The lowest BCUT2D eigenvalue weighted by atomic mass is 10.1. The van der Waals surface area contributed by atoms with Crippen LogP contribution in [0.1, 0.15) is 11.4 Å². The fraction of sp³-hybridized carbons (Fsp3) is 0.250. The molecule has 138 valence electrons. The van der Waals surface area contributed by atoms with Gasteiger partial charge in [-0.2, -0.15) is 0 Å². The van der Waals surface area contributed by atoms with Crippen molar-refractivity contribution < 1.29 is 14.3 Å². The number of nitrogens with zero attached hydrogens (tertiary/aromatic N) is 2. The second kappa shape index (κ2) is 7.36. The largest absolute Gasteiger partial charge is 0.477 e. The zero-order chi connectivity index (χ0) is 18.8. The lowest BCUT2D eigenvalue weighted by molar-refractivity contribution is -0.127. The van der Waals surface area contributed by atoms with Crippen LogP contribution in [-0.2, 0) is 16.0 Å². The normalized spacial score (nSPS) is 15.9. The topological polar surface area (TPSA) is 71.5 Å². The number of likely N-dealkylation sites (N-methyl/N-ethyl adjacent to an activating group) is 1. The molecule has 0 radical (unpaired) electrons. The van der Waals surface area contributed by atoms with E-state index in [1.807, 2.05) is 42.5 Å². The molecule has 4 rings (SSSR count). The van der Waals surface area contributed by atoms with Crippen LogP contribution >= 0.6 is 11.3 Å². The highest BCUT2D eigenvalue weighted by atomic mass is 32.1. The molecular formula is C20H19N3O3S. The summed E-state index contributed by atoms with van der Waals surface area (Å²) in [7, 11) is 1.56. The molecule has 1 aromatic heterocycles. The molecule has 1 aliphatic rings. The van der Waals surface area contributed by atoms with Crippen LogP contribution in [0, 0.1) is 0 Å². The van der Waals surface area contributed by atoms with Crippen LogP contribution in [0.15, 0.2) is 48.5 Å². The monoisotopic (exact) mass is 381 g/mol. The van der Waals surface area contributed by atoms with E-state index in [0.29, 0.717) is 24.3 Å². The van der Waals surface area contributed by atoms with Gasteiger partial charge in [-0.3, -0.25) is 9.59 Å². The number of rotatable bonds is 4. The van der Waals surface area contributed by atoms with Gasteiger partial charge < -0.3 is 15.0 Å². The summed E-state index contributed by atoms with van der Waals surface area (Å²) in [4.78, 5) is 31.2. The Bertz CT molecular complexity index is 968. The second-order valence-corrected chi connectivity index (χ2v) is 7.38. The summed E-state index contributed by atoms with van der Waals surface area (Å²) in [6, 6.07) is 15.3. The number of fused-ring (bicyclic) bond motifs is 2. The molecule has 0 unspecified atom stereocenters. The molecule has 2 amide bonds. The fourth-order valence-electron chi connectivity index (χ4n) is 3.14. The van der Waals surface area contributed by atoms with Gasteiger partial charge in [0.25, 0.3) is 5.91 Å². The first-order chi connectivity index (χ1) is 13.2. The van der Waals surface area contributed by atoms with E-state index in [1.165, 1.54) is 0 Å². The SMILES string of the molecule is CNC(=O)[C@H]1CN(C(=O)CCc2nc3ccccc3s2)c2ccccc2O1. The first kappa shape index (κ1) is 17.5. The molecule has 7 heteroatoms. The molecule has 27 heavy (non-hydrogen) atoms. The van der Waals surface area contributed by atoms with Crippen molar-refractivity contribution in [2.24, 2.45) is 0 Å². The highest BCUT2D eigenvalue weighted by Gasteiger charge is 2.33. The molecule has 1 atom stereocenters. The predicted molar refractivity (Wildman–Crippen MR) is 105 cm³/mol. The Morgan fingerprint density at radius 2 is 2.00 bits per heavy atom. The highest BCUT2D eigenvalue weighted by Crippen LogP contribution is 2.34. The summed E-state index contributed by atoms with van der Waals surface area (Å²) in [6.45, 7) is 0.204. The van der Waals surface area contributed by atoms with Gasteiger partial charge in [-0.1, -0.05) is 24.3 Å². The van der Waals surface area contributed by atoms with Gasteiger partial charge in [0.05, 0.1) is 27.5 Å². The maximum atomic E-state index is 12.9. The third-order valence-corrected chi connectivity index (χ3v) is 5.60. The Morgan fingerprint density at radius 3 is 2.81 bits per heavy atom. The van der Waals surface area contributed by atoms with Gasteiger partial charge >= 0.3 is 0 Å². The van der Waals surface area contributed by atoms with Crippen LogP contribution in [-0.4, -0.2) is 36.5 Å². The molecule has 1 aliphatic heterocycles. The van der Waals surface area contributed by atoms with E-state index in [4.69, 9.17) is 4.74 Å². The van der Waals surface area contributed by atoms with Crippen molar-refractivity contribution >= 4 is 39.1 Å². The minimum atomic E-state index is -0.712. The number of aromatic nitrogens is 1. The highest BCUT2D eigenvalue weighted by molar-refractivity contribution is 7.18. The van der Waals surface area contributed by atoms with Crippen molar-refractivity contribution in [3.8, 4) is 5.75 Å². The number of hydrogen-bond donors (Lipinski definition) is 1. The van der Waals surface area contributed by atoms with Gasteiger partial charge in [-0.25, -0.2) is 4.98 Å². The molecule has 2 aromatic carbocycles. The second-order valence-electron chi connectivity index (χ2n) is 6.27. The summed E-state index contributed by atoms with van der Waals surface area (Å²) >= 11 is 1.61. The van der Waals surface area contributed by atoms with Gasteiger partial charge in [0.15, 0.2) is 6.10 Å². The van der Waals surface area contributed by atoms with E-state index in [2.05, 4.69) is 10.3 Å². The quantitative estimate of drug-likeness (QED) is 0.754. The number of amides is 2. The van der Waals surface area contributed by atoms with E-state index in [0.717, 1.165) is 15.2 Å². The molecule has 6 nitrogen and oxygen atoms in total. The number of aryl methyl sites for hydroxylation is 1. The summed E-state index contributed by atoms with van der Waals surface area (Å²) < 4.78 is 6.87. The molecule has 0 saturated carbocycles. The number of benzene rings is 2. The average molecular weight is 381 g/mol. The smallest absolute Gasteiger partial charge is 0.262 e. The summed E-state index contributed by atoms with van der Waals surface area (Å²) in [5.74, 6) is 0.262. The van der Waals surface area contributed by atoms with E-state index >= 15 is 0 Å². The average Bonchev–Trinajstić information content (AvgIpc) is 3.13. The van der Waals surface area contributed by atoms with Gasteiger partial charge in [-0.15, -0.1) is 11.3 Å². The van der Waals surface area contributed by atoms with Crippen LogP contribution < -0.4 is 15.0 Å². The number of anilines is 1. The van der Waals surface area contributed by atoms with Crippen LogP contribution in [0.4, 0.5) is 5.69 Å². The molecule has 0 bridgehead atoms. The van der Waals surface area contributed by atoms with Crippen molar-refractivity contribution in [2.45, 2.75) is 18.9 Å². The molecule has 1 N–H and O–H groups in total. The first-order valence-corrected chi connectivity index (χ1v) is 9.59. The number of thiazole rings is 1. The molecule has 2 heterocycles. The third-order valence-electron chi connectivity index (χ3n) is 4.50. The Labute approximate surface area is 160 Å². The van der Waals surface area contributed by atoms with Crippen molar-refractivity contribution in [3.63, 3.8) is 0 Å². The van der Waals surface area contributed by atoms with Crippen LogP contribution in [0.3, 0.4) is 0 Å². The number of carbonyl (C=O) groups excluding carboxylic acids is 2. The molecule has 0 spiro atoms. The molecule has 3 aromatic rings. The lowest BCUT2D eigenvalue weighted by Crippen LogP contribution is -2.50. The zero-order valence-electron chi connectivity index (χ0n) is 14.8. The summed E-state index contributed by atoms with van der Waals surface area (Å²) in [5.41, 5.74) is 1.66. The molecule has 0 aliphatic carbocycles. The van der Waals surface area contributed by atoms with Crippen molar-refractivity contribution in [3.05, 3.63) is 53.5 Å².